The van der Waals surface area contributed by atoms with Crippen LogP contribution in [0.1, 0.15) is 27.6 Å². The second-order valence-corrected chi connectivity index (χ2v) is 5.42. The summed E-state index contributed by atoms with van der Waals surface area (Å²) in [4.78, 5) is 22.6. The smallest absolute Gasteiger partial charge is 0.248 e. The highest BCUT2D eigenvalue weighted by Crippen LogP contribution is 2.15. The van der Waals surface area contributed by atoms with Crippen LogP contribution in [-0.4, -0.2) is 23.5 Å². The van der Waals surface area contributed by atoms with Gasteiger partial charge in [0.1, 0.15) is 0 Å². The van der Waals surface area contributed by atoms with Crippen molar-refractivity contribution in [2.24, 2.45) is 5.73 Å². The van der Waals surface area contributed by atoms with Crippen molar-refractivity contribution in [2.45, 2.75) is 6.10 Å². The van der Waals surface area contributed by atoms with Gasteiger partial charge in [-0.05, 0) is 46.2 Å². The van der Waals surface area contributed by atoms with Gasteiger partial charge in [-0.15, -0.1) is 0 Å². The van der Waals surface area contributed by atoms with Crippen molar-refractivity contribution in [3.05, 3.63) is 63.9 Å². The first kappa shape index (κ1) is 15.9. The van der Waals surface area contributed by atoms with E-state index >= 15 is 0 Å². The number of nitrogens with two attached hydrogens (primary N) is 1. The lowest BCUT2D eigenvalue weighted by molar-refractivity contribution is -0.116. The first-order chi connectivity index (χ1) is 10.6. The number of aliphatic hydroxyl groups is 1. The molecule has 1 atom stereocenters. The summed E-state index contributed by atoms with van der Waals surface area (Å²) in [6.45, 7) is 0.153. The van der Waals surface area contributed by atoms with Crippen LogP contribution in [0.25, 0.3) is 6.08 Å². The van der Waals surface area contributed by atoms with Crippen LogP contribution in [0.4, 0.5) is 0 Å². The van der Waals surface area contributed by atoms with Crippen LogP contribution in [0.2, 0.25) is 0 Å². The molecule has 1 unspecified atom stereocenters. The molecule has 0 saturated heterocycles. The Bertz CT molecular complexity index is 663. The minimum absolute atomic E-state index is 0.153. The maximum Gasteiger partial charge on any atom is 0.248 e. The number of thiophene rings is 1. The van der Waals surface area contributed by atoms with E-state index in [1.165, 1.54) is 17.4 Å². The van der Waals surface area contributed by atoms with E-state index < -0.39 is 12.0 Å². The monoisotopic (exact) mass is 316 g/mol. The van der Waals surface area contributed by atoms with Crippen molar-refractivity contribution >= 4 is 29.2 Å². The van der Waals surface area contributed by atoms with E-state index in [1.54, 1.807) is 30.3 Å². The molecule has 2 rings (SSSR count). The maximum atomic E-state index is 11.7. The zero-order chi connectivity index (χ0) is 15.9. The zero-order valence-electron chi connectivity index (χ0n) is 11.7. The number of nitrogens with one attached hydrogen (secondary N) is 1. The molecule has 5 nitrogen and oxygen atoms in total. The molecule has 1 aromatic heterocycles. The molecule has 0 aliphatic rings. The van der Waals surface area contributed by atoms with E-state index in [0.717, 1.165) is 11.1 Å². The third-order valence-electron chi connectivity index (χ3n) is 3.02. The van der Waals surface area contributed by atoms with Gasteiger partial charge in [-0.2, -0.15) is 11.3 Å². The topological polar surface area (TPSA) is 92.4 Å². The van der Waals surface area contributed by atoms with Crippen LogP contribution in [0.5, 0.6) is 0 Å². The fraction of sp³-hybridized carbons (Fsp3) is 0.125. The van der Waals surface area contributed by atoms with Crippen molar-refractivity contribution in [3.63, 3.8) is 0 Å². The number of rotatable bonds is 6. The van der Waals surface area contributed by atoms with Crippen LogP contribution in [0.3, 0.4) is 0 Å². The molecule has 6 heteroatoms. The average Bonchev–Trinajstić information content (AvgIpc) is 3.05. The molecule has 1 heterocycles. The van der Waals surface area contributed by atoms with Gasteiger partial charge >= 0.3 is 0 Å². The molecule has 0 radical (unpaired) electrons. The Morgan fingerprint density at radius 3 is 2.59 bits per heavy atom. The second-order valence-electron chi connectivity index (χ2n) is 4.64. The van der Waals surface area contributed by atoms with Gasteiger partial charge in [0, 0.05) is 18.2 Å². The predicted octanol–water partition coefficient (Wildman–Crippen LogP) is 1.71. The van der Waals surface area contributed by atoms with E-state index in [4.69, 9.17) is 5.73 Å². The molecule has 2 amide bonds. The molecule has 0 aliphatic heterocycles. The molecule has 0 bridgehead atoms. The molecule has 1 aromatic carbocycles. The Hall–Kier alpha value is -2.44. The van der Waals surface area contributed by atoms with Crippen molar-refractivity contribution in [1.29, 1.82) is 0 Å². The van der Waals surface area contributed by atoms with Crippen molar-refractivity contribution < 1.29 is 14.7 Å². The van der Waals surface area contributed by atoms with E-state index in [-0.39, 0.29) is 12.5 Å². The molecule has 22 heavy (non-hydrogen) atoms. The van der Waals surface area contributed by atoms with Gasteiger partial charge in [0.2, 0.25) is 11.8 Å². The number of amides is 2. The highest BCUT2D eigenvalue weighted by molar-refractivity contribution is 7.07. The Morgan fingerprint density at radius 2 is 2.00 bits per heavy atom. The van der Waals surface area contributed by atoms with Gasteiger partial charge in [0.15, 0.2) is 0 Å². The maximum absolute atomic E-state index is 11.7. The third-order valence-corrected chi connectivity index (χ3v) is 3.72. The van der Waals surface area contributed by atoms with Crippen molar-refractivity contribution in [3.8, 4) is 0 Å². The van der Waals surface area contributed by atoms with Gasteiger partial charge in [-0.3, -0.25) is 9.59 Å². The molecular formula is C16H16N2O3S. The van der Waals surface area contributed by atoms with Crippen molar-refractivity contribution in [1.82, 2.24) is 5.32 Å². The molecule has 0 spiro atoms. The third kappa shape index (κ3) is 4.54. The highest BCUT2D eigenvalue weighted by Gasteiger charge is 2.08. The standard InChI is InChI=1S/C16H16N2O3S/c17-16(21)12-4-1-11(2-5-12)3-6-15(20)18-9-14(19)13-7-8-22-10-13/h1-8,10,14,19H,9H2,(H2,17,21)(H,18,20)/b6-3+. The summed E-state index contributed by atoms with van der Waals surface area (Å²) in [5.74, 6) is -0.788. The summed E-state index contributed by atoms with van der Waals surface area (Å²) in [6, 6.07) is 8.41. The van der Waals surface area contributed by atoms with Crippen LogP contribution in [0, 0.1) is 0 Å². The minimum Gasteiger partial charge on any atom is -0.387 e. The van der Waals surface area contributed by atoms with Crippen LogP contribution >= 0.6 is 11.3 Å². The Morgan fingerprint density at radius 1 is 1.27 bits per heavy atom. The second kappa shape index (κ2) is 7.53. The van der Waals surface area contributed by atoms with Crippen LogP contribution < -0.4 is 11.1 Å². The van der Waals surface area contributed by atoms with Gasteiger partial charge < -0.3 is 16.2 Å². The lowest BCUT2D eigenvalue weighted by Gasteiger charge is -2.08. The van der Waals surface area contributed by atoms with E-state index in [9.17, 15) is 14.7 Å². The van der Waals surface area contributed by atoms with E-state index in [0.29, 0.717) is 5.56 Å². The molecule has 4 N–H and O–H groups in total. The summed E-state index contributed by atoms with van der Waals surface area (Å²) in [6.07, 6.45) is 2.29. The Kier molecular flexibility index (Phi) is 5.46. The Balaban J connectivity index is 1.84. The van der Waals surface area contributed by atoms with Crippen LogP contribution in [-0.2, 0) is 4.79 Å². The summed E-state index contributed by atoms with van der Waals surface area (Å²) in [7, 11) is 0. The summed E-state index contributed by atoms with van der Waals surface area (Å²) in [5, 5.41) is 16.2. The highest BCUT2D eigenvalue weighted by atomic mass is 32.1. The number of carbonyl (C=O) groups is 2. The number of aliphatic hydroxyl groups excluding tert-OH is 1. The largest absolute Gasteiger partial charge is 0.387 e. The predicted molar refractivity (Wildman–Crippen MR) is 86.3 cm³/mol. The first-order valence-corrected chi connectivity index (χ1v) is 7.56. The molecule has 0 aliphatic carbocycles. The quantitative estimate of drug-likeness (QED) is 0.708. The normalized spacial score (nSPS) is 12.2. The van der Waals surface area contributed by atoms with Gasteiger partial charge in [-0.1, -0.05) is 12.1 Å². The fourth-order valence-corrected chi connectivity index (χ4v) is 2.48. The van der Waals surface area contributed by atoms with E-state index in [1.807, 2.05) is 16.8 Å². The molecule has 0 saturated carbocycles. The lowest BCUT2D eigenvalue weighted by Crippen LogP contribution is -2.26. The summed E-state index contributed by atoms with van der Waals surface area (Å²) >= 11 is 1.49. The number of carbonyl (C=O) groups excluding carboxylic acids is 2. The van der Waals surface area contributed by atoms with Crippen LogP contribution in [0.15, 0.2) is 47.2 Å². The molecule has 2 aromatic rings. The first-order valence-electron chi connectivity index (χ1n) is 6.62. The molecule has 0 fully saturated rings. The SMILES string of the molecule is NC(=O)c1ccc(/C=C/C(=O)NCC(O)c2ccsc2)cc1. The van der Waals surface area contributed by atoms with Gasteiger partial charge in [0.05, 0.1) is 6.10 Å². The number of hydrogen-bond acceptors (Lipinski definition) is 4. The number of benzene rings is 1. The lowest BCUT2D eigenvalue weighted by atomic mass is 10.1. The summed E-state index contributed by atoms with van der Waals surface area (Å²) < 4.78 is 0. The summed E-state index contributed by atoms with van der Waals surface area (Å²) in [5.41, 5.74) is 7.13. The van der Waals surface area contributed by atoms with Gasteiger partial charge in [-0.25, -0.2) is 0 Å². The fourth-order valence-electron chi connectivity index (χ4n) is 1.77. The van der Waals surface area contributed by atoms with E-state index in [2.05, 4.69) is 5.32 Å². The zero-order valence-corrected chi connectivity index (χ0v) is 12.5. The number of hydrogen-bond donors (Lipinski definition) is 3. The van der Waals surface area contributed by atoms with Gasteiger partial charge in [0.25, 0.3) is 0 Å². The minimum atomic E-state index is -0.710. The number of primary amides is 1. The van der Waals surface area contributed by atoms with Crippen molar-refractivity contribution in [2.75, 3.05) is 6.54 Å². The average molecular weight is 316 g/mol. The molecular weight excluding hydrogens is 300 g/mol. The molecule has 114 valence electrons. The Labute approximate surface area is 132 Å².